The zero-order valence-corrected chi connectivity index (χ0v) is 13.0. The molecular formula is C17H13ClO2S. The number of benzene rings is 2. The van der Waals surface area contributed by atoms with Crippen molar-refractivity contribution in [1.29, 1.82) is 0 Å². The predicted octanol–water partition coefficient (Wildman–Crippen LogP) is 5.43. The van der Waals surface area contributed by atoms with Crippen molar-refractivity contribution < 1.29 is 9.21 Å². The Kier molecular flexibility index (Phi) is 4.04. The Morgan fingerprint density at radius 3 is 2.62 bits per heavy atom. The van der Waals surface area contributed by atoms with Crippen molar-refractivity contribution in [3.8, 4) is 0 Å². The lowest BCUT2D eigenvalue weighted by Crippen LogP contribution is -1.98. The van der Waals surface area contributed by atoms with Gasteiger partial charge in [0.2, 0.25) is 5.78 Å². The van der Waals surface area contributed by atoms with Gasteiger partial charge in [-0.25, -0.2) is 0 Å². The summed E-state index contributed by atoms with van der Waals surface area (Å²) in [5.74, 6) is 1.23. The smallest absolute Gasteiger partial charge is 0.228 e. The van der Waals surface area contributed by atoms with Gasteiger partial charge < -0.3 is 4.42 Å². The Balaban J connectivity index is 1.92. The van der Waals surface area contributed by atoms with Crippen molar-refractivity contribution in [2.75, 3.05) is 5.75 Å². The van der Waals surface area contributed by atoms with E-state index in [2.05, 4.69) is 6.92 Å². The maximum absolute atomic E-state index is 12.4. The average Bonchev–Trinajstić information content (AvgIpc) is 2.90. The lowest BCUT2D eigenvalue weighted by atomic mass is 10.1. The molecule has 0 saturated carbocycles. The SMILES string of the molecule is CCSc1ccc(C(=O)c2cc3cc(Cl)ccc3o2)cc1. The van der Waals surface area contributed by atoms with Crippen molar-refractivity contribution in [2.45, 2.75) is 11.8 Å². The third-order valence-corrected chi connectivity index (χ3v) is 4.26. The minimum absolute atomic E-state index is 0.115. The maximum Gasteiger partial charge on any atom is 0.228 e. The van der Waals surface area contributed by atoms with Crippen molar-refractivity contribution in [2.24, 2.45) is 0 Å². The zero-order valence-electron chi connectivity index (χ0n) is 11.4. The van der Waals surface area contributed by atoms with Gasteiger partial charge in [0.25, 0.3) is 0 Å². The molecular weight excluding hydrogens is 304 g/mol. The summed E-state index contributed by atoms with van der Waals surface area (Å²) in [6.07, 6.45) is 0. The van der Waals surface area contributed by atoms with Crippen molar-refractivity contribution in [3.05, 3.63) is 64.9 Å². The summed E-state index contributed by atoms with van der Waals surface area (Å²) < 4.78 is 5.60. The molecule has 0 atom stereocenters. The summed E-state index contributed by atoms with van der Waals surface area (Å²) in [6.45, 7) is 2.10. The van der Waals surface area contributed by atoms with Crippen LogP contribution in [-0.2, 0) is 0 Å². The highest BCUT2D eigenvalue weighted by atomic mass is 35.5. The van der Waals surface area contributed by atoms with Gasteiger partial charge in [-0.1, -0.05) is 18.5 Å². The summed E-state index contributed by atoms with van der Waals surface area (Å²) in [7, 11) is 0. The van der Waals surface area contributed by atoms with Crippen LogP contribution in [0.3, 0.4) is 0 Å². The van der Waals surface area contributed by atoms with E-state index >= 15 is 0 Å². The van der Waals surface area contributed by atoms with Gasteiger partial charge in [-0.05, 0) is 54.3 Å². The second-order valence-corrected chi connectivity index (χ2v) is 6.35. The van der Waals surface area contributed by atoms with Crippen LogP contribution in [0.2, 0.25) is 5.02 Å². The molecule has 3 rings (SSSR count). The van der Waals surface area contributed by atoms with E-state index in [0.29, 0.717) is 21.9 Å². The van der Waals surface area contributed by atoms with Gasteiger partial charge in [-0.2, -0.15) is 0 Å². The molecule has 0 saturated heterocycles. The molecule has 106 valence electrons. The van der Waals surface area contributed by atoms with E-state index in [1.807, 2.05) is 24.3 Å². The number of hydrogen-bond donors (Lipinski definition) is 0. The van der Waals surface area contributed by atoms with Gasteiger partial charge >= 0.3 is 0 Å². The number of furan rings is 1. The van der Waals surface area contributed by atoms with Crippen LogP contribution in [0.4, 0.5) is 0 Å². The number of halogens is 1. The molecule has 0 aliphatic heterocycles. The number of hydrogen-bond acceptors (Lipinski definition) is 3. The highest BCUT2D eigenvalue weighted by molar-refractivity contribution is 7.99. The summed E-state index contributed by atoms with van der Waals surface area (Å²) in [5.41, 5.74) is 1.29. The molecule has 0 bridgehead atoms. The molecule has 4 heteroatoms. The summed E-state index contributed by atoms with van der Waals surface area (Å²) in [5, 5.41) is 1.47. The number of fused-ring (bicyclic) bond motifs is 1. The van der Waals surface area contributed by atoms with Gasteiger partial charge in [-0.3, -0.25) is 4.79 Å². The van der Waals surface area contributed by atoms with E-state index in [4.69, 9.17) is 16.0 Å². The van der Waals surface area contributed by atoms with Gasteiger partial charge in [0, 0.05) is 20.9 Å². The lowest BCUT2D eigenvalue weighted by Gasteiger charge is -2.00. The normalized spacial score (nSPS) is 11.0. The fourth-order valence-corrected chi connectivity index (χ4v) is 2.98. The molecule has 0 unspecified atom stereocenters. The monoisotopic (exact) mass is 316 g/mol. The Labute approximate surface area is 132 Å². The van der Waals surface area contributed by atoms with Gasteiger partial charge in [-0.15, -0.1) is 11.8 Å². The van der Waals surface area contributed by atoms with Crippen molar-refractivity contribution >= 4 is 40.1 Å². The van der Waals surface area contributed by atoms with Crippen molar-refractivity contribution in [3.63, 3.8) is 0 Å². The Bertz CT molecular complexity index is 790. The summed E-state index contributed by atoms with van der Waals surface area (Å²) in [6, 6.07) is 14.6. The molecule has 0 fully saturated rings. The van der Waals surface area contributed by atoms with Crippen LogP contribution < -0.4 is 0 Å². The second-order valence-electron chi connectivity index (χ2n) is 4.58. The summed E-state index contributed by atoms with van der Waals surface area (Å²) >= 11 is 7.69. The molecule has 3 aromatic rings. The quantitative estimate of drug-likeness (QED) is 0.475. The number of carbonyl (C=O) groups excluding carboxylic acids is 1. The van der Waals surface area contributed by atoms with E-state index in [1.54, 1.807) is 36.0 Å². The fourth-order valence-electron chi connectivity index (χ4n) is 2.14. The maximum atomic E-state index is 12.4. The van der Waals surface area contributed by atoms with E-state index in [-0.39, 0.29) is 5.78 Å². The highest BCUT2D eigenvalue weighted by Crippen LogP contribution is 2.25. The molecule has 21 heavy (non-hydrogen) atoms. The topological polar surface area (TPSA) is 30.2 Å². The van der Waals surface area contributed by atoms with E-state index in [0.717, 1.165) is 16.0 Å². The summed E-state index contributed by atoms with van der Waals surface area (Å²) in [4.78, 5) is 13.6. The molecule has 0 amide bonds. The highest BCUT2D eigenvalue weighted by Gasteiger charge is 2.14. The van der Waals surface area contributed by atoms with Crippen LogP contribution in [0.1, 0.15) is 23.0 Å². The molecule has 0 aliphatic rings. The standard InChI is InChI=1S/C17H13ClO2S/c1-2-21-14-6-3-11(4-7-14)17(19)16-10-12-9-13(18)5-8-15(12)20-16/h3-10H,2H2,1H3. The number of carbonyl (C=O) groups is 1. The third kappa shape index (κ3) is 2.99. The molecule has 0 radical (unpaired) electrons. The van der Waals surface area contributed by atoms with Gasteiger partial charge in [0.15, 0.2) is 5.76 Å². The van der Waals surface area contributed by atoms with E-state index < -0.39 is 0 Å². The van der Waals surface area contributed by atoms with Crippen LogP contribution in [0.5, 0.6) is 0 Å². The lowest BCUT2D eigenvalue weighted by molar-refractivity contribution is 0.101. The van der Waals surface area contributed by atoms with Crippen molar-refractivity contribution in [1.82, 2.24) is 0 Å². The molecule has 0 N–H and O–H groups in total. The molecule has 2 nitrogen and oxygen atoms in total. The first kappa shape index (κ1) is 14.2. The Morgan fingerprint density at radius 1 is 1.14 bits per heavy atom. The first-order valence-corrected chi connectivity index (χ1v) is 8.00. The van der Waals surface area contributed by atoms with E-state index in [9.17, 15) is 4.79 Å². The molecule has 0 spiro atoms. The third-order valence-electron chi connectivity index (χ3n) is 3.13. The van der Waals surface area contributed by atoms with Crippen LogP contribution in [0, 0.1) is 0 Å². The Morgan fingerprint density at radius 2 is 1.90 bits per heavy atom. The predicted molar refractivity (Wildman–Crippen MR) is 87.5 cm³/mol. The Hall–Kier alpha value is -1.71. The largest absolute Gasteiger partial charge is 0.453 e. The molecule has 0 aliphatic carbocycles. The first-order valence-electron chi connectivity index (χ1n) is 6.64. The van der Waals surface area contributed by atoms with Crippen LogP contribution in [0.15, 0.2) is 57.8 Å². The molecule has 1 aromatic heterocycles. The molecule has 2 aromatic carbocycles. The number of rotatable bonds is 4. The van der Waals surface area contributed by atoms with Crippen LogP contribution in [0.25, 0.3) is 11.0 Å². The first-order chi connectivity index (χ1) is 10.2. The minimum atomic E-state index is -0.115. The number of thioether (sulfide) groups is 1. The minimum Gasteiger partial charge on any atom is -0.453 e. The fraction of sp³-hybridized carbons (Fsp3) is 0.118. The van der Waals surface area contributed by atoms with Crippen LogP contribution in [-0.4, -0.2) is 11.5 Å². The van der Waals surface area contributed by atoms with E-state index in [1.165, 1.54) is 0 Å². The van der Waals surface area contributed by atoms with Gasteiger partial charge in [0.1, 0.15) is 5.58 Å². The second kappa shape index (κ2) is 5.96. The average molecular weight is 317 g/mol. The number of ketones is 1. The zero-order chi connectivity index (χ0) is 14.8. The van der Waals surface area contributed by atoms with Gasteiger partial charge in [0.05, 0.1) is 0 Å². The van der Waals surface area contributed by atoms with Crippen LogP contribution >= 0.6 is 23.4 Å². The molecule has 1 heterocycles.